The van der Waals surface area contributed by atoms with Crippen molar-refractivity contribution in [3.8, 4) is 0 Å². The van der Waals surface area contributed by atoms with E-state index in [-0.39, 0.29) is 11.3 Å². The Morgan fingerprint density at radius 2 is 2.15 bits per heavy atom. The van der Waals surface area contributed by atoms with Gasteiger partial charge in [0.15, 0.2) is 6.10 Å². The van der Waals surface area contributed by atoms with Gasteiger partial charge in [0.05, 0.1) is 6.54 Å². The van der Waals surface area contributed by atoms with Gasteiger partial charge in [-0.2, -0.15) is 5.10 Å². The van der Waals surface area contributed by atoms with Crippen LogP contribution in [0.1, 0.15) is 30.3 Å². The summed E-state index contributed by atoms with van der Waals surface area (Å²) in [5, 5.41) is 23.7. The van der Waals surface area contributed by atoms with Crippen molar-refractivity contribution >= 4 is 11.9 Å². The van der Waals surface area contributed by atoms with Gasteiger partial charge in [-0.25, -0.2) is 9.48 Å². The van der Waals surface area contributed by atoms with Crippen molar-refractivity contribution in [1.29, 1.82) is 0 Å². The molecule has 0 fully saturated rings. The molecule has 1 heterocycles. The Bertz CT molecular complexity index is 540. The monoisotopic (exact) mass is 283 g/mol. The predicted molar refractivity (Wildman–Crippen MR) is 69.4 cm³/mol. The molecule has 0 bridgehead atoms. The molecule has 1 rings (SSSR count). The summed E-state index contributed by atoms with van der Waals surface area (Å²) in [5.41, 5.74) is -0.307. The zero-order valence-electron chi connectivity index (χ0n) is 11.1. The summed E-state index contributed by atoms with van der Waals surface area (Å²) in [4.78, 5) is 33.6. The number of hydrogen-bond acceptors (Lipinski definition) is 5. The van der Waals surface area contributed by atoms with Gasteiger partial charge in [0.25, 0.3) is 11.5 Å². The van der Waals surface area contributed by atoms with E-state index in [0.717, 1.165) is 12.8 Å². The fraction of sp³-hybridized carbons (Fsp3) is 0.500. The van der Waals surface area contributed by atoms with Gasteiger partial charge in [0, 0.05) is 12.6 Å². The van der Waals surface area contributed by atoms with E-state index in [1.54, 1.807) is 0 Å². The molecule has 8 nitrogen and oxygen atoms in total. The van der Waals surface area contributed by atoms with Gasteiger partial charge in [-0.1, -0.05) is 13.3 Å². The van der Waals surface area contributed by atoms with Crippen molar-refractivity contribution in [3.63, 3.8) is 0 Å². The maximum Gasteiger partial charge on any atom is 0.334 e. The highest BCUT2D eigenvalue weighted by atomic mass is 16.4. The van der Waals surface area contributed by atoms with Crippen molar-refractivity contribution in [2.45, 2.75) is 32.4 Å². The lowest BCUT2D eigenvalue weighted by molar-refractivity contribution is -0.146. The van der Waals surface area contributed by atoms with Crippen LogP contribution in [-0.2, 0) is 11.3 Å². The van der Waals surface area contributed by atoms with Crippen molar-refractivity contribution in [2.75, 3.05) is 6.54 Å². The van der Waals surface area contributed by atoms with E-state index in [1.165, 1.54) is 16.8 Å². The van der Waals surface area contributed by atoms with Crippen LogP contribution in [-0.4, -0.2) is 44.5 Å². The summed E-state index contributed by atoms with van der Waals surface area (Å²) in [5.74, 6) is -2.07. The second-order valence-electron chi connectivity index (χ2n) is 4.20. The molecule has 1 aromatic rings. The van der Waals surface area contributed by atoms with Crippen LogP contribution < -0.4 is 10.9 Å². The third-order valence-electron chi connectivity index (χ3n) is 2.56. The number of carboxylic acids is 1. The highest BCUT2D eigenvalue weighted by molar-refractivity contribution is 5.92. The quantitative estimate of drug-likeness (QED) is 0.603. The standard InChI is InChI=1S/C12H17N3O5/c1-2-3-6-15-10(17)5-4-8(14-15)11(18)13-7-9(16)12(19)20/h4-5,9,16H,2-3,6-7H2,1H3,(H,13,18)(H,19,20)/t9-/m0/s1. The second kappa shape index (κ2) is 7.39. The number of aromatic nitrogens is 2. The number of carbonyl (C=O) groups is 2. The zero-order chi connectivity index (χ0) is 15.1. The van der Waals surface area contributed by atoms with Gasteiger partial charge >= 0.3 is 5.97 Å². The number of nitrogens with zero attached hydrogens (tertiary/aromatic N) is 2. The molecule has 1 atom stereocenters. The fourth-order valence-corrected chi connectivity index (χ4v) is 1.41. The van der Waals surface area contributed by atoms with E-state index < -0.39 is 24.5 Å². The summed E-state index contributed by atoms with van der Waals surface area (Å²) >= 11 is 0. The third kappa shape index (κ3) is 4.47. The van der Waals surface area contributed by atoms with Crippen molar-refractivity contribution in [1.82, 2.24) is 15.1 Å². The van der Waals surface area contributed by atoms with E-state index in [1.807, 2.05) is 6.92 Å². The van der Waals surface area contributed by atoms with E-state index in [9.17, 15) is 14.4 Å². The summed E-state index contributed by atoms with van der Waals surface area (Å²) < 4.78 is 1.19. The first kappa shape index (κ1) is 15.8. The summed E-state index contributed by atoms with van der Waals surface area (Å²) in [6.45, 7) is 1.95. The summed E-state index contributed by atoms with van der Waals surface area (Å²) in [6.07, 6.45) is -0.0321. The van der Waals surface area contributed by atoms with E-state index in [2.05, 4.69) is 10.4 Å². The van der Waals surface area contributed by atoms with E-state index in [0.29, 0.717) is 6.54 Å². The Morgan fingerprint density at radius 1 is 1.45 bits per heavy atom. The molecule has 0 aromatic carbocycles. The van der Waals surface area contributed by atoms with Crippen LogP contribution in [0.15, 0.2) is 16.9 Å². The molecule has 0 spiro atoms. The molecule has 0 unspecified atom stereocenters. The lowest BCUT2D eigenvalue weighted by atomic mass is 10.3. The lowest BCUT2D eigenvalue weighted by Crippen LogP contribution is -2.37. The number of aliphatic hydroxyl groups is 1. The minimum atomic E-state index is -1.68. The van der Waals surface area contributed by atoms with Crippen LogP contribution in [0.2, 0.25) is 0 Å². The summed E-state index contributed by atoms with van der Waals surface area (Å²) in [6, 6.07) is 2.48. The Hall–Kier alpha value is -2.22. The number of aliphatic hydroxyl groups excluding tert-OH is 1. The van der Waals surface area contributed by atoms with Crippen LogP contribution >= 0.6 is 0 Å². The third-order valence-corrected chi connectivity index (χ3v) is 2.56. The topological polar surface area (TPSA) is 122 Å². The molecule has 0 aliphatic carbocycles. The van der Waals surface area contributed by atoms with Crippen molar-refractivity contribution in [2.24, 2.45) is 0 Å². The van der Waals surface area contributed by atoms with Gasteiger partial charge in [0.2, 0.25) is 0 Å². The number of amides is 1. The zero-order valence-corrected chi connectivity index (χ0v) is 11.1. The van der Waals surface area contributed by atoms with Gasteiger partial charge in [-0.05, 0) is 12.5 Å². The number of carbonyl (C=O) groups excluding carboxylic acids is 1. The first-order valence-corrected chi connectivity index (χ1v) is 6.23. The second-order valence-corrected chi connectivity index (χ2v) is 4.20. The SMILES string of the molecule is CCCCn1nc(C(=O)NC[C@H](O)C(=O)O)ccc1=O. The molecular weight excluding hydrogens is 266 g/mol. The number of carboxylic acid groups (broad SMARTS) is 1. The van der Waals surface area contributed by atoms with E-state index >= 15 is 0 Å². The minimum absolute atomic E-state index is 0.00158. The first-order valence-electron chi connectivity index (χ1n) is 6.23. The molecule has 0 radical (unpaired) electrons. The Labute approximate surface area is 115 Å². The number of aliphatic carboxylic acids is 1. The highest BCUT2D eigenvalue weighted by Crippen LogP contribution is 1.94. The predicted octanol–water partition coefficient (Wildman–Crippen LogP) is -0.781. The van der Waals surface area contributed by atoms with E-state index in [4.69, 9.17) is 10.2 Å². The Kier molecular flexibility index (Phi) is 5.85. The van der Waals surface area contributed by atoms with Gasteiger partial charge in [0.1, 0.15) is 5.69 Å². The largest absolute Gasteiger partial charge is 0.479 e. The molecule has 0 aliphatic rings. The Morgan fingerprint density at radius 3 is 2.75 bits per heavy atom. The average molecular weight is 283 g/mol. The van der Waals surface area contributed by atoms with Crippen LogP contribution in [0, 0.1) is 0 Å². The molecule has 1 amide bonds. The number of nitrogens with one attached hydrogen (secondary N) is 1. The number of hydrogen-bond donors (Lipinski definition) is 3. The van der Waals surface area contributed by atoms with Crippen LogP contribution in [0.5, 0.6) is 0 Å². The average Bonchev–Trinajstić information content (AvgIpc) is 2.43. The molecule has 0 aliphatic heterocycles. The van der Waals surface area contributed by atoms with Gasteiger partial charge in [-0.15, -0.1) is 0 Å². The van der Waals surface area contributed by atoms with Gasteiger partial charge < -0.3 is 15.5 Å². The molecule has 0 saturated heterocycles. The number of unbranched alkanes of at least 4 members (excludes halogenated alkanes) is 1. The maximum absolute atomic E-state index is 11.7. The van der Waals surface area contributed by atoms with Crippen molar-refractivity contribution < 1.29 is 19.8 Å². The van der Waals surface area contributed by atoms with Crippen LogP contribution in [0.4, 0.5) is 0 Å². The molecule has 0 saturated carbocycles. The number of aryl methyl sites for hydroxylation is 1. The van der Waals surface area contributed by atoms with Crippen molar-refractivity contribution in [3.05, 3.63) is 28.2 Å². The number of rotatable bonds is 7. The smallest absolute Gasteiger partial charge is 0.334 e. The molecule has 1 aromatic heterocycles. The molecule has 20 heavy (non-hydrogen) atoms. The van der Waals surface area contributed by atoms with Crippen LogP contribution in [0.3, 0.4) is 0 Å². The normalized spacial score (nSPS) is 11.9. The molecule has 8 heteroatoms. The minimum Gasteiger partial charge on any atom is -0.479 e. The van der Waals surface area contributed by atoms with Gasteiger partial charge in [-0.3, -0.25) is 9.59 Å². The Balaban J connectivity index is 2.73. The first-order chi connectivity index (χ1) is 9.45. The maximum atomic E-state index is 11.7. The molecular formula is C12H17N3O5. The summed E-state index contributed by atoms with van der Waals surface area (Å²) in [7, 11) is 0. The molecule has 110 valence electrons. The van der Waals surface area contributed by atoms with Crippen LogP contribution in [0.25, 0.3) is 0 Å². The fourth-order valence-electron chi connectivity index (χ4n) is 1.41. The lowest BCUT2D eigenvalue weighted by Gasteiger charge is -2.09. The molecule has 3 N–H and O–H groups in total. The highest BCUT2D eigenvalue weighted by Gasteiger charge is 2.16.